The van der Waals surface area contributed by atoms with Gasteiger partial charge in [0, 0.05) is 19.2 Å². The van der Waals surface area contributed by atoms with E-state index in [0.717, 1.165) is 11.5 Å². The number of hydrogen-bond acceptors (Lipinski definition) is 5. The van der Waals surface area contributed by atoms with Gasteiger partial charge in [-0.15, -0.1) is 0 Å². The zero-order chi connectivity index (χ0) is 13.1. The summed E-state index contributed by atoms with van der Waals surface area (Å²) in [6.07, 6.45) is 0. The summed E-state index contributed by atoms with van der Waals surface area (Å²) in [4.78, 5) is 13.9. The Morgan fingerprint density at radius 3 is 3.00 bits per heavy atom. The Bertz CT molecular complexity index is 418. The van der Waals surface area contributed by atoms with Crippen LogP contribution in [0, 0.1) is 12.8 Å². The van der Waals surface area contributed by atoms with Gasteiger partial charge in [-0.3, -0.25) is 4.79 Å². The largest absolute Gasteiger partial charge is 0.379 e. The maximum absolute atomic E-state index is 12.3. The van der Waals surface area contributed by atoms with Crippen LogP contribution in [0.3, 0.4) is 0 Å². The van der Waals surface area contributed by atoms with Crippen molar-refractivity contribution in [2.24, 2.45) is 5.92 Å². The van der Waals surface area contributed by atoms with Gasteiger partial charge in [-0.25, -0.2) is 0 Å². The summed E-state index contributed by atoms with van der Waals surface area (Å²) in [6, 6.07) is 1.93. The standard InChI is InChI=1S/C12H19N3O3/c1-8-4-9(14-18-8)5-15(3)12(16)10-6-17-7-11(10)13-2/h4,10-11,13H,5-7H2,1-3H3. The van der Waals surface area contributed by atoms with Gasteiger partial charge in [0.05, 0.1) is 25.7 Å². The Morgan fingerprint density at radius 2 is 2.39 bits per heavy atom. The van der Waals surface area contributed by atoms with Crippen molar-refractivity contribution in [3.8, 4) is 0 Å². The number of amides is 1. The van der Waals surface area contributed by atoms with E-state index in [4.69, 9.17) is 9.26 Å². The second kappa shape index (κ2) is 5.49. The van der Waals surface area contributed by atoms with Gasteiger partial charge in [0.25, 0.3) is 0 Å². The molecule has 1 aliphatic heterocycles. The number of hydrogen-bond donors (Lipinski definition) is 1. The summed E-state index contributed by atoms with van der Waals surface area (Å²) >= 11 is 0. The Hall–Kier alpha value is -1.40. The van der Waals surface area contributed by atoms with Gasteiger partial charge in [0.2, 0.25) is 5.91 Å². The third-order valence-electron chi connectivity index (χ3n) is 3.22. The topological polar surface area (TPSA) is 67.6 Å². The highest BCUT2D eigenvalue weighted by molar-refractivity contribution is 5.79. The van der Waals surface area contributed by atoms with Gasteiger partial charge in [-0.1, -0.05) is 5.16 Å². The van der Waals surface area contributed by atoms with E-state index >= 15 is 0 Å². The Balaban J connectivity index is 1.96. The average Bonchev–Trinajstić information content (AvgIpc) is 2.96. The number of carbonyl (C=O) groups is 1. The smallest absolute Gasteiger partial charge is 0.229 e. The van der Waals surface area contributed by atoms with E-state index in [2.05, 4.69) is 10.5 Å². The van der Waals surface area contributed by atoms with Gasteiger partial charge in [0.1, 0.15) is 11.5 Å². The van der Waals surface area contributed by atoms with Gasteiger partial charge >= 0.3 is 0 Å². The van der Waals surface area contributed by atoms with E-state index in [9.17, 15) is 4.79 Å². The van der Waals surface area contributed by atoms with Crippen LogP contribution in [0.25, 0.3) is 0 Å². The molecular formula is C12H19N3O3. The molecule has 2 atom stereocenters. The van der Waals surface area contributed by atoms with Crippen LogP contribution >= 0.6 is 0 Å². The highest BCUT2D eigenvalue weighted by Gasteiger charge is 2.34. The van der Waals surface area contributed by atoms with Gasteiger partial charge in [-0.05, 0) is 14.0 Å². The highest BCUT2D eigenvalue weighted by atomic mass is 16.5. The first kappa shape index (κ1) is 13.0. The second-order valence-electron chi connectivity index (χ2n) is 4.66. The minimum Gasteiger partial charge on any atom is -0.379 e. The molecule has 2 unspecified atom stereocenters. The average molecular weight is 253 g/mol. The molecular weight excluding hydrogens is 234 g/mol. The van der Waals surface area contributed by atoms with Crippen molar-refractivity contribution in [1.29, 1.82) is 0 Å². The lowest BCUT2D eigenvalue weighted by molar-refractivity contribution is -0.135. The first-order valence-electron chi connectivity index (χ1n) is 6.04. The van der Waals surface area contributed by atoms with Gasteiger partial charge in [-0.2, -0.15) is 0 Å². The molecule has 0 bridgehead atoms. The van der Waals surface area contributed by atoms with Crippen molar-refractivity contribution in [1.82, 2.24) is 15.4 Å². The van der Waals surface area contributed by atoms with E-state index in [-0.39, 0.29) is 17.9 Å². The number of aromatic nitrogens is 1. The maximum Gasteiger partial charge on any atom is 0.229 e. The summed E-state index contributed by atoms with van der Waals surface area (Å²) < 4.78 is 10.3. The van der Waals surface area contributed by atoms with Crippen molar-refractivity contribution < 1.29 is 14.1 Å². The summed E-state index contributed by atoms with van der Waals surface area (Å²) in [5.74, 6) is 0.712. The van der Waals surface area contributed by atoms with Crippen molar-refractivity contribution in [2.45, 2.75) is 19.5 Å². The summed E-state index contributed by atoms with van der Waals surface area (Å²) in [6.45, 7) is 3.36. The zero-order valence-electron chi connectivity index (χ0n) is 11.0. The Morgan fingerprint density at radius 1 is 1.61 bits per heavy atom. The minimum absolute atomic E-state index is 0.0764. The highest BCUT2D eigenvalue weighted by Crippen LogP contribution is 2.17. The molecule has 6 nitrogen and oxygen atoms in total. The molecule has 18 heavy (non-hydrogen) atoms. The van der Waals surface area contributed by atoms with E-state index in [1.807, 2.05) is 20.0 Å². The van der Waals surface area contributed by atoms with E-state index in [1.54, 1.807) is 11.9 Å². The van der Waals surface area contributed by atoms with Crippen molar-refractivity contribution in [3.63, 3.8) is 0 Å². The molecule has 0 aromatic carbocycles. The fourth-order valence-electron chi connectivity index (χ4n) is 2.18. The second-order valence-corrected chi connectivity index (χ2v) is 4.66. The van der Waals surface area contributed by atoms with E-state index in [0.29, 0.717) is 19.8 Å². The minimum atomic E-state index is -0.118. The lowest BCUT2D eigenvalue weighted by Crippen LogP contribution is -2.43. The molecule has 0 spiro atoms. The Labute approximate surface area is 106 Å². The molecule has 0 saturated carbocycles. The number of nitrogens with zero attached hydrogens (tertiary/aromatic N) is 2. The number of nitrogens with one attached hydrogen (secondary N) is 1. The molecule has 1 aliphatic rings. The molecule has 2 heterocycles. The molecule has 100 valence electrons. The summed E-state index contributed by atoms with van der Waals surface area (Å²) in [5, 5.41) is 7.00. The zero-order valence-corrected chi connectivity index (χ0v) is 11.0. The predicted octanol–water partition coefficient (Wildman–Crippen LogP) is 0.176. The lowest BCUT2D eigenvalue weighted by atomic mass is 10.0. The molecule has 2 rings (SSSR count). The van der Waals surface area contributed by atoms with Crippen LogP contribution in [0.5, 0.6) is 0 Å². The molecule has 0 aliphatic carbocycles. The fraction of sp³-hybridized carbons (Fsp3) is 0.667. The van der Waals surface area contributed by atoms with Crippen LogP contribution in [0.4, 0.5) is 0 Å². The predicted molar refractivity (Wildman–Crippen MR) is 64.9 cm³/mol. The molecule has 6 heteroatoms. The number of likely N-dealkylation sites (N-methyl/N-ethyl adjacent to an activating group) is 1. The molecule has 0 radical (unpaired) electrons. The van der Waals surface area contributed by atoms with E-state index in [1.165, 1.54) is 0 Å². The monoisotopic (exact) mass is 253 g/mol. The molecule has 1 saturated heterocycles. The molecule has 1 amide bonds. The SMILES string of the molecule is CNC1COCC1C(=O)N(C)Cc1cc(C)on1. The van der Waals surface area contributed by atoms with Crippen molar-refractivity contribution in [3.05, 3.63) is 17.5 Å². The first-order valence-corrected chi connectivity index (χ1v) is 6.04. The van der Waals surface area contributed by atoms with Gasteiger partial charge < -0.3 is 19.5 Å². The van der Waals surface area contributed by atoms with Crippen LogP contribution in [0.1, 0.15) is 11.5 Å². The first-order chi connectivity index (χ1) is 8.61. The van der Waals surface area contributed by atoms with Crippen LogP contribution in [-0.2, 0) is 16.1 Å². The summed E-state index contributed by atoms with van der Waals surface area (Å²) in [7, 11) is 3.62. The lowest BCUT2D eigenvalue weighted by Gasteiger charge is -2.22. The van der Waals surface area contributed by atoms with E-state index < -0.39 is 0 Å². The van der Waals surface area contributed by atoms with Crippen molar-refractivity contribution >= 4 is 5.91 Å². The van der Waals surface area contributed by atoms with Crippen LogP contribution < -0.4 is 5.32 Å². The number of aryl methyl sites for hydroxylation is 1. The van der Waals surface area contributed by atoms with Crippen LogP contribution in [-0.4, -0.2) is 49.3 Å². The fourth-order valence-corrected chi connectivity index (χ4v) is 2.18. The normalized spacial score (nSPS) is 23.3. The third-order valence-corrected chi connectivity index (χ3v) is 3.22. The quantitative estimate of drug-likeness (QED) is 0.829. The number of ether oxygens (including phenoxy) is 1. The van der Waals surface area contributed by atoms with Crippen LogP contribution in [0.15, 0.2) is 10.6 Å². The Kier molecular flexibility index (Phi) is 3.98. The van der Waals surface area contributed by atoms with Gasteiger partial charge in [0.15, 0.2) is 0 Å². The molecule has 1 fully saturated rings. The molecule has 1 aromatic heterocycles. The van der Waals surface area contributed by atoms with Crippen molar-refractivity contribution in [2.75, 3.05) is 27.3 Å². The maximum atomic E-state index is 12.3. The number of rotatable bonds is 4. The third kappa shape index (κ3) is 2.70. The summed E-state index contributed by atoms with van der Waals surface area (Å²) in [5.41, 5.74) is 0.767. The molecule has 1 N–H and O–H groups in total. The number of carbonyl (C=O) groups excluding carboxylic acids is 1. The molecule has 1 aromatic rings. The van der Waals surface area contributed by atoms with Crippen LogP contribution in [0.2, 0.25) is 0 Å².